The molecular weight excluding hydrogens is 308 g/mol. The van der Waals surface area contributed by atoms with Crippen molar-refractivity contribution < 1.29 is 4.79 Å². The Morgan fingerprint density at radius 3 is 1.88 bits per heavy atom. The van der Waals surface area contributed by atoms with Gasteiger partial charge in [-0.05, 0) is 42.2 Å². The van der Waals surface area contributed by atoms with E-state index < -0.39 is 0 Å². The highest BCUT2D eigenvalue weighted by Gasteiger charge is 2.17. The third kappa shape index (κ3) is 4.07. The fraction of sp³-hybridized carbons (Fsp3) is 0.136. The minimum atomic E-state index is -0.216. The number of nitrogens with one attached hydrogen (secondary N) is 2. The zero-order valence-corrected chi connectivity index (χ0v) is 14.5. The quantitative estimate of drug-likeness (QED) is 0.677. The predicted octanol–water partition coefficient (Wildman–Crippen LogP) is 5.21. The first-order valence-electron chi connectivity index (χ1n) is 8.39. The summed E-state index contributed by atoms with van der Waals surface area (Å²) in [6.07, 6.45) is 0. The summed E-state index contributed by atoms with van der Waals surface area (Å²) in [5.74, 6) is 0. The van der Waals surface area contributed by atoms with Crippen LogP contribution < -0.4 is 10.6 Å². The summed E-state index contributed by atoms with van der Waals surface area (Å²) in [5, 5.41) is 6.07. The molecule has 0 aliphatic heterocycles. The van der Waals surface area contributed by atoms with Crippen molar-refractivity contribution in [2.24, 2.45) is 0 Å². The number of hydrogen-bond acceptors (Lipinski definition) is 1. The van der Waals surface area contributed by atoms with Crippen LogP contribution in [0.4, 0.5) is 10.5 Å². The number of rotatable bonds is 4. The number of aryl methyl sites for hydroxylation is 1. The van der Waals surface area contributed by atoms with Crippen LogP contribution in [0.1, 0.15) is 28.3 Å². The normalized spacial score (nSPS) is 10.5. The van der Waals surface area contributed by atoms with E-state index in [-0.39, 0.29) is 12.1 Å². The highest BCUT2D eigenvalue weighted by Crippen LogP contribution is 2.23. The summed E-state index contributed by atoms with van der Waals surface area (Å²) >= 11 is 0. The molecule has 0 unspecified atom stereocenters. The SMILES string of the molecule is Cc1cccc(NC(=O)NC(c2ccccc2)c2ccccc2)c1C. The highest BCUT2D eigenvalue weighted by atomic mass is 16.2. The van der Waals surface area contributed by atoms with E-state index in [1.54, 1.807) is 0 Å². The number of anilines is 1. The van der Waals surface area contributed by atoms with Crippen LogP contribution in [0.25, 0.3) is 0 Å². The van der Waals surface area contributed by atoms with E-state index in [0.29, 0.717) is 0 Å². The van der Waals surface area contributed by atoms with Gasteiger partial charge in [0, 0.05) is 5.69 Å². The van der Waals surface area contributed by atoms with Gasteiger partial charge in [-0.3, -0.25) is 0 Å². The third-order valence-electron chi connectivity index (χ3n) is 4.39. The van der Waals surface area contributed by atoms with Gasteiger partial charge in [-0.15, -0.1) is 0 Å². The van der Waals surface area contributed by atoms with Gasteiger partial charge >= 0.3 is 6.03 Å². The van der Waals surface area contributed by atoms with Crippen molar-refractivity contribution in [3.8, 4) is 0 Å². The van der Waals surface area contributed by atoms with Crippen molar-refractivity contribution in [3.63, 3.8) is 0 Å². The second-order valence-electron chi connectivity index (χ2n) is 6.10. The van der Waals surface area contributed by atoms with Gasteiger partial charge in [0.05, 0.1) is 6.04 Å². The molecular formula is C22H22N2O. The molecule has 0 aliphatic carbocycles. The minimum Gasteiger partial charge on any atom is -0.327 e. The van der Waals surface area contributed by atoms with Crippen LogP contribution in [0.5, 0.6) is 0 Å². The molecule has 3 nitrogen and oxygen atoms in total. The van der Waals surface area contributed by atoms with E-state index in [9.17, 15) is 4.79 Å². The van der Waals surface area contributed by atoms with Crippen LogP contribution in [-0.4, -0.2) is 6.03 Å². The van der Waals surface area contributed by atoms with Crippen LogP contribution >= 0.6 is 0 Å². The number of carbonyl (C=O) groups is 1. The smallest absolute Gasteiger partial charge is 0.319 e. The lowest BCUT2D eigenvalue weighted by Crippen LogP contribution is -2.33. The molecule has 0 aliphatic rings. The molecule has 0 fully saturated rings. The van der Waals surface area contributed by atoms with E-state index >= 15 is 0 Å². The van der Waals surface area contributed by atoms with Crippen molar-refractivity contribution >= 4 is 11.7 Å². The number of urea groups is 1. The maximum absolute atomic E-state index is 12.6. The van der Waals surface area contributed by atoms with E-state index in [4.69, 9.17) is 0 Å². The molecule has 3 rings (SSSR count). The molecule has 0 heterocycles. The Balaban J connectivity index is 1.83. The predicted molar refractivity (Wildman–Crippen MR) is 103 cm³/mol. The summed E-state index contributed by atoms with van der Waals surface area (Å²) in [7, 11) is 0. The van der Waals surface area contributed by atoms with Gasteiger partial charge in [-0.25, -0.2) is 4.79 Å². The Morgan fingerprint density at radius 1 is 0.760 bits per heavy atom. The Bertz CT molecular complexity index is 805. The Kier molecular flexibility index (Phi) is 5.14. The second-order valence-corrected chi connectivity index (χ2v) is 6.10. The van der Waals surface area contributed by atoms with Crippen molar-refractivity contribution in [1.82, 2.24) is 5.32 Å². The molecule has 0 spiro atoms. The molecule has 0 atom stereocenters. The lowest BCUT2D eigenvalue weighted by Gasteiger charge is -2.21. The van der Waals surface area contributed by atoms with Crippen LogP contribution in [0.2, 0.25) is 0 Å². The number of benzene rings is 3. The van der Waals surface area contributed by atoms with Gasteiger partial charge in [-0.2, -0.15) is 0 Å². The summed E-state index contributed by atoms with van der Waals surface area (Å²) < 4.78 is 0. The lowest BCUT2D eigenvalue weighted by atomic mass is 9.99. The molecule has 2 N–H and O–H groups in total. The molecule has 0 saturated carbocycles. The Morgan fingerprint density at radius 2 is 1.32 bits per heavy atom. The molecule has 0 saturated heterocycles. The first kappa shape index (κ1) is 16.8. The van der Waals surface area contributed by atoms with E-state index in [1.165, 1.54) is 0 Å². The summed E-state index contributed by atoms with van der Waals surface area (Å²) in [5.41, 5.74) is 5.15. The van der Waals surface area contributed by atoms with Crippen molar-refractivity contribution in [3.05, 3.63) is 101 Å². The Hall–Kier alpha value is -3.07. The van der Waals surface area contributed by atoms with E-state index in [0.717, 1.165) is 27.9 Å². The fourth-order valence-corrected chi connectivity index (χ4v) is 2.83. The molecule has 3 aromatic carbocycles. The lowest BCUT2D eigenvalue weighted by molar-refractivity contribution is 0.250. The topological polar surface area (TPSA) is 41.1 Å². The van der Waals surface area contributed by atoms with Gasteiger partial charge in [0.15, 0.2) is 0 Å². The summed E-state index contributed by atoms with van der Waals surface area (Å²) in [4.78, 5) is 12.6. The largest absolute Gasteiger partial charge is 0.327 e. The van der Waals surface area contributed by atoms with E-state index in [1.807, 2.05) is 92.7 Å². The number of hydrogen-bond donors (Lipinski definition) is 2. The van der Waals surface area contributed by atoms with Crippen molar-refractivity contribution in [2.75, 3.05) is 5.32 Å². The number of amides is 2. The van der Waals surface area contributed by atoms with Crippen LogP contribution in [-0.2, 0) is 0 Å². The van der Waals surface area contributed by atoms with Crippen molar-refractivity contribution in [1.29, 1.82) is 0 Å². The van der Waals surface area contributed by atoms with Crippen LogP contribution in [0.15, 0.2) is 78.9 Å². The molecule has 2 amide bonds. The van der Waals surface area contributed by atoms with Crippen LogP contribution in [0, 0.1) is 13.8 Å². The molecule has 0 aromatic heterocycles. The Labute approximate surface area is 148 Å². The maximum Gasteiger partial charge on any atom is 0.319 e. The fourth-order valence-electron chi connectivity index (χ4n) is 2.83. The highest BCUT2D eigenvalue weighted by molar-refractivity contribution is 5.90. The van der Waals surface area contributed by atoms with E-state index in [2.05, 4.69) is 10.6 Å². The summed E-state index contributed by atoms with van der Waals surface area (Å²) in [6, 6.07) is 25.5. The monoisotopic (exact) mass is 330 g/mol. The number of carbonyl (C=O) groups excluding carboxylic acids is 1. The van der Waals surface area contributed by atoms with Gasteiger partial charge in [0.2, 0.25) is 0 Å². The molecule has 3 aromatic rings. The zero-order valence-electron chi connectivity index (χ0n) is 14.5. The summed E-state index contributed by atoms with van der Waals surface area (Å²) in [6.45, 7) is 4.05. The van der Waals surface area contributed by atoms with Gasteiger partial charge in [0.1, 0.15) is 0 Å². The molecule has 25 heavy (non-hydrogen) atoms. The molecule has 0 radical (unpaired) electrons. The van der Waals surface area contributed by atoms with Gasteiger partial charge in [0.25, 0.3) is 0 Å². The third-order valence-corrected chi connectivity index (χ3v) is 4.39. The zero-order chi connectivity index (χ0) is 17.6. The average molecular weight is 330 g/mol. The van der Waals surface area contributed by atoms with Crippen molar-refractivity contribution in [2.45, 2.75) is 19.9 Å². The first-order valence-corrected chi connectivity index (χ1v) is 8.39. The molecule has 3 heteroatoms. The van der Waals surface area contributed by atoms with Crippen LogP contribution in [0.3, 0.4) is 0 Å². The molecule has 0 bridgehead atoms. The van der Waals surface area contributed by atoms with Gasteiger partial charge < -0.3 is 10.6 Å². The molecule has 126 valence electrons. The first-order chi connectivity index (χ1) is 12.1. The minimum absolute atomic E-state index is 0.201. The van der Waals surface area contributed by atoms with Gasteiger partial charge in [-0.1, -0.05) is 72.8 Å². The second kappa shape index (κ2) is 7.67. The standard InChI is InChI=1S/C22H22N2O/c1-16-10-9-15-20(17(16)2)23-22(25)24-21(18-11-5-3-6-12-18)19-13-7-4-8-14-19/h3-15,21H,1-2H3,(H2,23,24,25). The average Bonchev–Trinajstić information content (AvgIpc) is 2.65. The maximum atomic E-state index is 12.6.